The van der Waals surface area contributed by atoms with Gasteiger partial charge < -0.3 is 10.2 Å². The number of rotatable bonds is 3. The van der Waals surface area contributed by atoms with Gasteiger partial charge in [-0.25, -0.2) is 0 Å². The molecule has 4 rings (SSSR count). The molecule has 1 amide bonds. The van der Waals surface area contributed by atoms with Crippen LogP contribution in [-0.4, -0.2) is 40.6 Å². The number of hydrogen-bond acceptors (Lipinski definition) is 3. The third-order valence-electron chi connectivity index (χ3n) is 4.99. The van der Waals surface area contributed by atoms with E-state index in [0.29, 0.717) is 12.1 Å². The predicted molar refractivity (Wildman–Crippen MR) is 98.6 cm³/mol. The zero-order valence-corrected chi connectivity index (χ0v) is 14.3. The standard InChI is InChI=1S/C20H22N4O/c1-2-14-6-8-15(9-7-14)19-13-21-10-11-24(19)20(25)16-4-3-5-18-17(16)12-22-23-18/h3-9,12,19,21H,2,10-11,13H2,1H3,(H,22,23). The van der Waals surface area contributed by atoms with Gasteiger partial charge in [-0.15, -0.1) is 0 Å². The van der Waals surface area contributed by atoms with Gasteiger partial charge in [-0.3, -0.25) is 9.89 Å². The number of carbonyl (C=O) groups excluding carboxylic acids is 1. The number of H-pyrrole nitrogens is 1. The molecule has 1 saturated heterocycles. The lowest BCUT2D eigenvalue weighted by Gasteiger charge is -2.36. The molecule has 5 heteroatoms. The van der Waals surface area contributed by atoms with Gasteiger partial charge in [0.1, 0.15) is 0 Å². The van der Waals surface area contributed by atoms with E-state index in [1.165, 1.54) is 11.1 Å². The van der Waals surface area contributed by atoms with Crippen molar-refractivity contribution < 1.29 is 4.79 Å². The SMILES string of the molecule is CCc1ccc(C2CNCCN2C(=O)c2cccc3[nH]ncc23)cc1. The van der Waals surface area contributed by atoms with Gasteiger partial charge in [-0.05, 0) is 29.7 Å². The molecular formula is C20H22N4O. The minimum absolute atomic E-state index is 0.0503. The summed E-state index contributed by atoms with van der Waals surface area (Å²) in [7, 11) is 0. The normalized spacial score (nSPS) is 17.8. The molecule has 0 bridgehead atoms. The first kappa shape index (κ1) is 15.8. The van der Waals surface area contributed by atoms with Gasteiger partial charge in [0.05, 0.1) is 23.3 Å². The summed E-state index contributed by atoms with van der Waals surface area (Å²) in [5, 5.41) is 11.3. The highest BCUT2D eigenvalue weighted by Gasteiger charge is 2.29. The van der Waals surface area contributed by atoms with Crippen LogP contribution in [0, 0.1) is 0 Å². The van der Waals surface area contributed by atoms with Crippen LogP contribution in [0.1, 0.15) is 34.5 Å². The molecular weight excluding hydrogens is 312 g/mol. The molecule has 1 aromatic heterocycles. The van der Waals surface area contributed by atoms with Crippen molar-refractivity contribution in [1.29, 1.82) is 0 Å². The fourth-order valence-electron chi connectivity index (χ4n) is 3.53. The largest absolute Gasteiger partial charge is 0.329 e. The van der Waals surface area contributed by atoms with Gasteiger partial charge in [0.2, 0.25) is 0 Å². The molecule has 1 fully saturated rings. The number of piperazine rings is 1. The minimum Gasteiger partial charge on any atom is -0.329 e. The second-order valence-corrected chi connectivity index (χ2v) is 6.45. The maximum Gasteiger partial charge on any atom is 0.255 e. The Balaban J connectivity index is 1.68. The fourth-order valence-corrected chi connectivity index (χ4v) is 3.53. The van der Waals surface area contributed by atoms with Crippen LogP contribution in [0.25, 0.3) is 10.9 Å². The lowest BCUT2D eigenvalue weighted by atomic mass is 9.99. The van der Waals surface area contributed by atoms with Gasteiger partial charge in [-0.1, -0.05) is 37.3 Å². The Bertz CT molecular complexity index is 884. The molecule has 0 spiro atoms. The Morgan fingerprint density at radius 2 is 2.08 bits per heavy atom. The summed E-state index contributed by atoms with van der Waals surface area (Å²) in [4.78, 5) is 15.3. The van der Waals surface area contributed by atoms with Gasteiger partial charge in [0.25, 0.3) is 5.91 Å². The first-order chi connectivity index (χ1) is 12.3. The van der Waals surface area contributed by atoms with Crippen LogP contribution in [0.3, 0.4) is 0 Å². The molecule has 1 aliphatic heterocycles. The molecule has 5 nitrogen and oxygen atoms in total. The third-order valence-corrected chi connectivity index (χ3v) is 4.99. The van der Waals surface area contributed by atoms with Gasteiger partial charge in [0.15, 0.2) is 0 Å². The van der Waals surface area contributed by atoms with Crippen molar-refractivity contribution >= 4 is 16.8 Å². The van der Waals surface area contributed by atoms with Crippen LogP contribution in [0.2, 0.25) is 0 Å². The van der Waals surface area contributed by atoms with E-state index in [1.807, 2.05) is 23.1 Å². The average Bonchev–Trinajstić information content (AvgIpc) is 3.16. The molecule has 2 heterocycles. The van der Waals surface area contributed by atoms with Crippen LogP contribution in [-0.2, 0) is 6.42 Å². The molecule has 1 unspecified atom stereocenters. The van der Waals surface area contributed by atoms with E-state index in [2.05, 4.69) is 46.7 Å². The van der Waals surface area contributed by atoms with Crippen molar-refractivity contribution in [1.82, 2.24) is 20.4 Å². The van der Waals surface area contributed by atoms with E-state index in [4.69, 9.17) is 0 Å². The molecule has 25 heavy (non-hydrogen) atoms. The Kier molecular flexibility index (Phi) is 4.24. The monoisotopic (exact) mass is 334 g/mol. The quantitative estimate of drug-likeness (QED) is 0.774. The second kappa shape index (κ2) is 6.69. The van der Waals surface area contributed by atoms with Crippen molar-refractivity contribution in [3.05, 3.63) is 65.4 Å². The average molecular weight is 334 g/mol. The second-order valence-electron chi connectivity index (χ2n) is 6.45. The van der Waals surface area contributed by atoms with Crippen LogP contribution in [0.15, 0.2) is 48.7 Å². The molecule has 0 radical (unpaired) electrons. The molecule has 0 aliphatic carbocycles. The molecule has 0 saturated carbocycles. The van der Waals surface area contributed by atoms with E-state index in [1.54, 1.807) is 6.20 Å². The van der Waals surface area contributed by atoms with Gasteiger partial charge in [0, 0.05) is 25.0 Å². The summed E-state index contributed by atoms with van der Waals surface area (Å²) in [6.45, 7) is 4.45. The number of aromatic amines is 1. The zero-order valence-electron chi connectivity index (χ0n) is 14.3. The number of carbonyl (C=O) groups is 1. The number of nitrogens with zero attached hydrogens (tertiary/aromatic N) is 2. The van der Waals surface area contributed by atoms with Gasteiger partial charge in [-0.2, -0.15) is 5.10 Å². The Labute approximate surface area is 147 Å². The smallest absolute Gasteiger partial charge is 0.255 e. The van der Waals surface area contributed by atoms with Crippen molar-refractivity contribution in [2.75, 3.05) is 19.6 Å². The topological polar surface area (TPSA) is 61.0 Å². The number of aryl methyl sites for hydroxylation is 1. The minimum atomic E-state index is 0.0503. The van der Waals surface area contributed by atoms with Crippen LogP contribution < -0.4 is 5.32 Å². The lowest BCUT2D eigenvalue weighted by molar-refractivity contribution is 0.0636. The number of benzene rings is 2. The van der Waals surface area contributed by atoms with E-state index in [9.17, 15) is 4.79 Å². The first-order valence-corrected chi connectivity index (χ1v) is 8.80. The highest BCUT2D eigenvalue weighted by Crippen LogP contribution is 2.27. The molecule has 128 valence electrons. The predicted octanol–water partition coefficient (Wildman–Crippen LogP) is 2.91. The summed E-state index contributed by atoms with van der Waals surface area (Å²) in [5.41, 5.74) is 4.10. The third kappa shape index (κ3) is 2.91. The summed E-state index contributed by atoms with van der Waals surface area (Å²) in [6, 6.07) is 14.4. The van der Waals surface area contributed by atoms with Crippen molar-refractivity contribution in [2.45, 2.75) is 19.4 Å². The fraction of sp³-hybridized carbons (Fsp3) is 0.300. The Hall–Kier alpha value is -2.66. The molecule has 1 aliphatic rings. The first-order valence-electron chi connectivity index (χ1n) is 8.80. The zero-order chi connectivity index (χ0) is 17.2. The lowest BCUT2D eigenvalue weighted by Crippen LogP contribution is -2.48. The van der Waals surface area contributed by atoms with E-state index in [-0.39, 0.29) is 11.9 Å². The molecule has 3 aromatic rings. The van der Waals surface area contributed by atoms with Crippen LogP contribution in [0.4, 0.5) is 0 Å². The Morgan fingerprint density at radius 1 is 1.24 bits per heavy atom. The number of amides is 1. The summed E-state index contributed by atoms with van der Waals surface area (Å²) in [5.74, 6) is 0.0677. The van der Waals surface area contributed by atoms with Crippen molar-refractivity contribution in [3.8, 4) is 0 Å². The number of fused-ring (bicyclic) bond motifs is 1. The van der Waals surface area contributed by atoms with Crippen molar-refractivity contribution in [2.24, 2.45) is 0 Å². The van der Waals surface area contributed by atoms with Crippen LogP contribution >= 0.6 is 0 Å². The summed E-state index contributed by atoms with van der Waals surface area (Å²) < 4.78 is 0. The number of hydrogen-bond donors (Lipinski definition) is 2. The summed E-state index contributed by atoms with van der Waals surface area (Å²) in [6.07, 6.45) is 2.75. The highest BCUT2D eigenvalue weighted by atomic mass is 16.2. The van der Waals surface area contributed by atoms with Crippen molar-refractivity contribution in [3.63, 3.8) is 0 Å². The van der Waals surface area contributed by atoms with E-state index >= 15 is 0 Å². The van der Waals surface area contributed by atoms with Gasteiger partial charge >= 0.3 is 0 Å². The Morgan fingerprint density at radius 3 is 2.88 bits per heavy atom. The molecule has 2 aromatic carbocycles. The van der Waals surface area contributed by atoms with Crippen LogP contribution in [0.5, 0.6) is 0 Å². The molecule has 2 N–H and O–H groups in total. The molecule has 1 atom stereocenters. The van der Waals surface area contributed by atoms with E-state index < -0.39 is 0 Å². The maximum absolute atomic E-state index is 13.3. The number of aromatic nitrogens is 2. The van der Waals surface area contributed by atoms with E-state index in [0.717, 1.165) is 30.4 Å². The summed E-state index contributed by atoms with van der Waals surface area (Å²) >= 11 is 0. The highest BCUT2D eigenvalue weighted by molar-refractivity contribution is 6.06. The maximum atomic E-state index is 13.3. The number of nitrogens with one attached hydrogen (secondary N) is 2.